The molecule has 2 heterocycles. The number of sulfonamides is 1. The molecule has 3 rings (SSSR count). The fraction of sp³-hybridized carbons (Fsp3) is 0.500. The van der Waals surface area contributed by atoms with Crippen LogP contribution in [0.3, 0.4) is 0 Å². The Balaban J connectivity index is 1.71. The topological polar surface area (TPSA) is 64.4 Å². The van der Waals surface area contributed by atoms with E-state index in [4.69, 9.17) is 4.74 Å². The van der Waals surface area contributed by atoms with Crippen LogP contribution in [0.4, 0.5) is 0 Å². The maximum absolute atomic E-state index is 12.8. The van der Waals surface area contributed by atoms with Crippen LogP contribution in [0.2, 0.25) is 0 Å². The lowest BCUT2D eigenvalue weighted by molar-refractivity contribution is 0.184. The zero-order chi connectivity index (χ0) is 17.7. The highest BCUT2D eigenvalue weighted by Gasteiger charge is 2.31. The number of rotatable bonds is 7. The molecule has 1 fully saturated rings. The molecule has 1 aromatic heterocycles. The third-order valence-electron chi connectivity index (χ3n) is 4.62. The molecule has 2 aromatic rings. The Kier molecular flexibility index (Phi) is 5.88. The van der Waals surface area contributed by atoms with E-state index in [1.54, 1.807) is 17.6 Å². The number of nitrogens with zero attached hydrogens (tertiary/aromatic N) is 3. The molecule has 0 bridgehead atoms. The molecular weight excluding hydrogens is 338 g/mol. The van der Waals surface area contributed by atoms with Gasteiger partial charge in [0.15, 0.2) is 0 Å². The minimum atomic E-state index is -3.32. The lowest BCUT2D eigenvalue weighted by atomic mass is 9.99. The second kappa shape index (κ2) is 8.12. The number of piperidine rings is 1. The first-order valence-electron chi connectivity index (χ1n) is 8.62. The standard InChI is InChI=1S/C18H25N3O3S/c1-24-13-12-20-11-9-19-18(20)17-8-5-10-21(14-17)25(22,23)15-16-6-3-2-4-7-16/h2-4,6-7,9,11,17H,5,8,10,12-15H2,1H3. The lowest BCUT2D eigenvalue weighted by Gasteiger charge is -2.32. The van der Waals surface area contributed by atoms with Gasteiger partial charge in [0.05, 0.1) is 12.4 Å². The molecule has 0 aliphatic carbocycles. The van der Waals surface area contributed by atoms with Crippen molar-refractivity contribution in [3.63, 3.8) is 0 Å². The van der Waals surface area contributed by atoms with Gasteiger partial charge in [-0.1, -0.05) is 30.3 Å². The minimum absolute atomic E-state index is 0.0542. The van der Waals surface area contributed by atoms with Crippen LogP contribution in [0.1, 0.15) is 30.1 Å². The number of methoxy groups -OCH3 is 1. The van der Waals surface area contributed by atoms with Gasteiger partial charge in [0, 0.05) is 45.1 Å². The highest BCUT2D eigenvalue weighted by atomic mass is 32.2. The van der Waals surface area contributed by atoms with E-state index in [2.05, 4.69) is 9.55 Å². The summed E-state index contributed by atoms with van der Waals surface area (Å²) in [6, 6.07) is 9.35. The maximum atomic E-state index is 12.8. The Morgan fingerprint density at radius 3 is 2.84 bits per heavy atom. The summed E-state index contributed by atoms with van der Waals surface area (Å²) in [6.07, 6.45) is 5.53. The van der Waals surface area contributed by atoms with Gasteiger partial charge in [0.2, 0.25) is 10.0 Å². The smallest absolute Gasteiger partial charge is 0.218 e. The molecule has 1 saturated heterocycles. The zero-order valence-electron chi connectivity index (χ0n) is 14.5. The first-order chi connectivity index (χ1) is 12.1. The van der Waals surface area contributed by atoms with Gasteiger partial charge >= 0.3 is 0 Å². The number of aromatic nitrogens is 2. The van der Waals surface area contributed by atoms with Crippen molar-refractivity contribution in [2.45, 2.75) is 31.1 Å². The van der Waals surface area contributed by atoms with Gasteiger partial charge in [0.1, 0.15) is 5.82 Å². The van der Waals surface area contributed by atoms with Gasteiger partial charge in [-0.25, -0.2) is 17.7 Å². The molecule has 1 aliphatic rings. The summed E-state index contributed by atoms with van der Waals surface area (Å²) in [6.45, 7) is 2.44. The zero-order valence-corrected chi connectivity index (χ0v) is 15.4. The minimum Gasteiger partial charge on any atom is -0.383 e. The average Bonchev–Trinajstić information content (AvgIpc) is 3.09. The van der Waals surface area contributed by atoms with E-state index in [-0.39, 0.29) is 11.7 Å². The van der Waals surface area contributed by atoms with Gasteiger partial charge in [-0.15, -0.1) is 0 Å². The quantitative estimate of drug-likeness (QED) is 0.757. The van der Waals surface area contributed by atoms with Gasteiger partial charge in [-0.05, 0) is 18.4 Å². The second-order valence-electron chi connectivity index (χ2n) is 6.41. The molecular formula is C18H25N3O3S. The van der Waals surface area contributed by atoms with Crippen LogP contribution >= 0.6 is 0 Å². The normalized spacial score (nSPS) is 19.2. The molecule has 6 nitrogen and oxygen atoms in total. The lowest BCUT2D eigenvalue weighted by Crippen LogP contribution is -2.40. The Labute approximate surface area is 149 Å². The molecule has 25 heavy (non-hydrogen) atoms. The van der Waals surface area contributed by atoms with Gasteiger partial charge < -0.3 is 9.30 Å². The van der Waals surface area contributed by atoms with Crippen molar-refractivity contribution in [2.75, 3.05) is 26.8 Å². The third-order valence-corrected chi connectivity index (χ3v) is 6.44. The SMILES string of the molecule is COCCn1ccnc1C1CCCN(S(=O)(=O)Cc2ccccc2)C1. The fourth-order valence-electron chi connectivity index (χ4n) is 3.34. The van der Waals surface area contributed by atoms with E-state index in [0.717, 1.165) is 30.8 Å². The van der Waals surface area contributed by atoms with E-state index in [1.165, 1.54) is 0 Å². The number of hydrogen-bond acceptors (Lipinski definition) is 4. The van der Waals surface area contributed by atoms with Crippen molar-refractivity contribution in [1.82, 2.24) is 13.9 Å². The van der Waals surface area contributed by atoms with E-state index >= 15 is 0 Å². The van der Waals surface area contributed by atoms with Crippen LogP contribution in [0.25, 0.3) is 0 Å². The molecule has 7 heteroatoms. The molecule has 0 N–H and O–H groups in total. The van der Waals surface area contributed by atoms with Crippen molar-refractivity contribution in [1.29, 1.82) is 0 Å². The first kappa shape index (κ1) is 18.1. The van der Waals surface area contributed by atoms with E-state index < -0.39 is 10.0 Å². The summed E-state index contributed by atoms with van der Waals surface area (Å²) < 4.78 is 34.5. The van der Waals surface area contributed by atoms with E-state index in [0.29, 0.717) is 19.7 Å². The van der Waals surface area contributed by atoms with Crippen molar-refractivity contribution in [2.24, 2.45) is 0 Å². The van der Waals surface area contributed by atoms with Crippen LogP contribution in [0.5, 0.6) is 0 Å². The molecule has 136 valence electrons. The Hall–Kier alpha value is -1.70. The van der Waals surface area contributed by atoms with Crippen molar-refractivity contribution in [3.05, 3.63) is 54.1 Å². The molecule has 1 aromatic carbocycles. The first-order valence-corrected chi connectivity index (χ1v) is 10.2. The highest BCUT2D eigenvalue weighted by Crippen LogP contribution is 2.28. The van der Waals surface area contributed by atoms with Crippen molar-refractivity contribution in [3.8, 4) is 0 Å². The van der Waals surface area contributed by atoms with E-state index in [9.17, 15) is 8.42 Å². The number of ether oxygens (including phenoxy) is 1. The van der Waals surface area contributed by atoms with E-state index in [1.807, 2.05) is 36.5 Å². The van der Waals surface area contributed by atoms with Crippen LogP contribution in [-0.2, 0) is 27.1 Å². The summed E-state index contributed by atoms with van der Waals surface area (Å²) in [5.74, 6) is 1.14. The third kappa shape index (κ3) is 4.48. The van der Waals surface area contributed by atoms with Crippen LogP contribution in [0.15, 0.2) is 42.7 Å². The van der Waals surface area contributed by atoms with Gasteiger partial charge in [0.25, 0.3) is 0 Å². The molecule has 0 saturated carbocycles. The largest absolute Gasteiger partial charge is 0.383 e. The van der Waals surface area contributed by atoms with Crippen LogP contribution < -0.4 is 0 Å². The van der Waals surface area contributed by atoms with Crippen LogP contribution in [-0.4, -0.2) is 49.1 Å². The Morgan fingerprint density at radius 1 is 1.28 bits per heavy atom. The summed E-state index contributed by atoms with van der Waals surface area (Å²) in [4.78, 5) is 4.48. The molecule has 0 amide bonds. The summed E-state index contributed by atoms with van der Waals surface area (Å²) in [7, 11) is -1.64. The molecule has 0 spiro atoms. The van der Waals surface area contributed by atoms with Crippen LogP contribution in [0, 0.1) is 0 Å². The fourth-order valence-corrected chi connectivity index (χ4v) is 4.95. The van der Waals surface area contributed by atoms with Crippen molar-refractivity contribution < 1.29 is 13.2 Å². The average molecular weight is 363 g/mol. The van der Waals surface area contributed by atoms with Gasteiger partial charge in [-0.3, -0.25) is 0 Å². The van der Waals surface area contributed by atoms with Gasteiger partial charge in [-0.2, -0.15) is 0 Å². The predicted octanol–water partition coefficient (Wildman–Crippen LogP) is 2.24. The molecule has 1 aliphatic heterocycles. The molecule has 0 radical (unpaired) electrons. The number of benzene rings is 1. The Bertz CT molecular complexity index is 774. The summed E-state index contributed by atoms with van der Waals surface area (Å²) >= 11 is 0. The summed E-state index contributed by atoms with van der Waals surface area (Å²) in [5.41, 5.74) is 0.825. The second-order valence-corrected chi connectivity index (χ2v) is 8.38. The maximum Gasteiger partial charge on any atom is 0.218 e. The Morgan fingerprint density at radius 2 is 2.08 bits per heavy atom. The highest BCUT2D eigenvalue weighted by molar-refractivity contribution is 7.88. The van der Waals surface area contributed by atoms with Crippen molar-refractivity contribution >= 4 is 10.0 Å². The molecule has 1 atom stereocenters. The number of imidazole rings is 1. The monoisotopic (exact) mass is 363 g/mol. The summed E-state index contributed by atoms with van der Waals surface area (Å²) in [5, 5.41) is 0. The molecule has 1 unspecified atom stereocenters. The number of hydrogen-bond donors (Lipinski definition) is 0. The predicted molar refractivity (Wildman–Crippen MR) is 96.7 cm³/mol.